The summed E-state index contributed by atoms with van der Waals surface area (Å²) in [6, 6.07) is 10.8. The monoisotopic (exact) mass is 208 g/mol. The Balaban J connectivity index is 0.00000112. The number of aromatic carboxylic acids is 1. The van der Waals surface area contributed by atoms with E-state index in [-0.39, 0.29) is 35.1 Å². The van der Waals surface area contributed by atoms with E-state index in [1.54, 1.807) is 18.2 Å². The van der Waals surface area contributed by atoms with E-state index in [9.17, 15) is 9.90 Å². The van der Waals surface area contributed by atoms with E-state index >= 15 is 0 Å². The summed E-state index contributed by atoms with van der Waals surface area (Å²) in [5.74, 6) is -1.12. The molecule has 0 saturated carbocycles. The molecule has 0 N–H and O–H groups in total. The Morgan fingerprint density at radius 1 is 1.07 bits per heavy atom. The molecule has 0 bridgehead atoms. The van der Waals surface area contributed by atoms with Crippen LogP contribution in [-0.4, -0.2) is 5.97 Å². The maximum absolute atomic E-state index is 10.8. The van der Waals surface area contributed by atoms with Crippen molar-refractivity contribution >= 4 is 16.7 Å². The molecule has 0 aliphatic rings. The van der Waals surface area contributed by atoms with Gasteiger partial charge in [-0.05, 0) is 23.3 Å². The standard InChI is InChI=1S/C12H10O2.Na/c1-8-6-7-11(12(13)14)10-5-3-2-4-9(8)10;/h2-7H,1H3,(H,13,14);/q;+1/p-1. The Morgan fingerprint density at radius 2 is 1.67 bits per heavy atom. The fourth-order valence-corrected chi connectivity index (χ4v) is 1.63. The van der Waals surface area contributed by atoms with E-state index in [4.69, 9.17) is 0 Å². The van der Waals surface area contributed by atoms with Crippen LogP contribution in [0.15, 0.2) is 36.4 Å². The maximum Gasteiger partial charge on any atom is 1.00 e. The first-order valence-electron chi connectivity index (χ1n) is 4.40. The van der Waals surface area contributed by atoms with Crippen molar-refractivity contribution in [3.05, 3.63) is 47.5 Å². The molecule has 0 aliphatic carbocycles. The first-order chi connectivity index (χ1) is 6.70. The number of carboxylic acid groups (broad SMARTS) is 1. The number of hydrogen-bond acceptors (Lipinski definition) is 2. The smallest absolute Gasteiger partial charge is 0.545 e. The van der Waals surface area contributed by atoms with Crippen LogP contribution in [0.2, 0.25) is 0 Å². The summed E-state index contributed by atoms with van der Waals surface area (Å²) in [7, 11) is 0. The molecule has 70 valence electrons. The van der Waals surface area contributed by atoms with E-state index in [0.29, 0.717) is 0 Å². The molecule has 0 aromatic heterocycles. The normalized spacial score (nSPS) is 9.67. The predicted molar refractivity (Wildman–Crippen MR) is 53.0 cm³/mol. The van der Waals surface area contributed by atoms with Gasteiger partial charge >= 0.3 is 29.6 Å². The summed E-state index contributed by atoms with van der Waals surface area (Å²) in [4.78, 5) is 10.8. The Kier molecular flexibility index (Phi) is 3.91. The Labute approximate surface area is 110 Å². The van der Waals surface area contributed by atoms with Crippen molar-refractivity contribution in [3.63, 3.8) is 0 Å². The van der Waals surface area contributed by atoms with E-state index in [1.165, 1.54) is 0 Å². The first kappa shape index (κ1) is 12.2. The van der Waals surface area contributed by atoms with Gasteiger partial charge in [-0.25, -0.2) is 0 Å². The largest absolute Gasteiger partial charge is 1.00 e. The van der Waals surface area contributed by atoms with Gasteiger partial charge in [0, 0.05) is 5.56 Å². The summed E-state index contributed by atoms with van der Waals surface area (Å²) in [6.45, 7) is 1.96. The van der Waals surface area contributed by atoms with Crippen LogP contribution in [0.4, 0.5) is 0 Å². The maximum atomic E-state index is 10.8. The number of carbonyl (C=O) groups excluding carboxylic acids is 1. The molecule has 0 unspecified atom stereocenters. The number of hydrogen-bond donors (Lipinski definition) is 0. The van der Waals surface area contributed by atoms with Crippen LogP contribution in [0.3, 0.4) is 0 Å². The van der Waals surface area contributed by atoms with Crippen LogP contribution in [0.1, 0.15) is 15.9 Å². The second-order valence-electron chi connectivity index (χ2n) is 3.26. The first-order valence-corrected chi connectivity index (χ1v) is 4.40. The molecule has 2 nitrogen and oxygen atoms in total. The molecule has 0 atom stereocenters. The van der Waals surface area contributed by atoms with Gasteiger partial charge in [-0.1, -0.05) is 36.4 Å². The summed E-state index contributed by atoms with van der Waals surface area (Å²) >= 11 is 0. The SMILES string of the molecule is Cc1ccc(C(=O)[O-])c2ccccc12.[Na+]. The predicted octanol–water partition coefficient (Wildman–Crippen LogP) is -1.48. The number of rotatable bonds is 1. The van der Waals surface area contributed by atoms with Crippen molar-refractivity contribution in [3.8, 4) is 0 Å². The van der Waals surface area contributed by atoms with E-state index in [2.05, 4.69) is 0 Å². The minimum Gasteiger partial charge on any atom is -0.545 e. The molecule has 0 aliphatic heterocycles. The molecule has 0 saturated heterocycles. The molecular weight excluding hydrogens is 199 g/mol. The molecule has 0 heterocycles. The molecule has 0 radical (unpaired) electrons. The fraction of sp³-hybridized carbons (Fsp3) is 0.0833. The van der Waals surface area contributed by atoms with Crippen LogP contribution in [0.5, 0.6) is 0 Å². The van der Waals surface area contributed by atoms with Crippen LogP contribution in [0.25, 0.3) is 10.8 Å². The second-order valence-corrected chi connectivity index (χ2v) is 3.26. The molecule has 2 aromatic rings. The van der Waals surface area contributed by atoms with Crippen molar-refractivity contribution in [2.45, 2.75) is 6.92 Å². The van der Waals surface area contributed by atoms with Crippen molar-refractivity contribution < 1.29 is 39.5 Å². The Morgan fingerprint density at radius 3 is 2.27 bits per heavy atom. The Bertz CT molecular complexity index is 506. The third-order valence-electron chi connectivity index (χ3n) is 2.36. The molecular formula is C12H9NaO2. The number of fused-ring (bicyclic) bond motifs is 1. The second kappa shape index (κ2) is 4.79. The number of aryl methyl sites for hydroxylation is 1. The van der Waals surface area contributed by atoms with Crippen molar-refractivity contribution in [1.29, 1.82) is 0 Å². The number of carboxylic acids is 1. The van der Waals surface area contributed by atoms with Gasteiger partial charge in [0.1, 0.15) is 0 Å². The summed E-state index contributed by atoms with van der Waals surface area (Å²) in [5.41, 5.74) is 1.33. The van der Waals surface area contributed by atoms with Gasteiger partial charge in [-0.15, -0.1) is 0 Å². The topological polar surface area (TPSA) is 40.1 Å². The Hall–Kier alpha value is -0.830. The van der Waals surface area contributed by atoms with Gasteiger partial charge in [0.15, 0.2) is 0 Å². The van der Waals surface area contributed by atoms with E-state index in [0.717, 1.165) is 16.3 Å². The van der Waals surface area contributed by atoms with Crippen LogP contribution in [-0.2, 0) is 0 Å². The molecule has 15 heavy (non-hydrogen) atoms. The minimum absolute atomic E-state index is 0. The quantitative estimate of drug-likeness (QED) is 0.536. The molecule has 2 aromatic carbocycles. The van der Waals surface area contributed by atoms with Crippen molar-refractivity contribution in [2.75, 3.05) is 0 Å². The summed E-state index contributed by atoms with van der Waals surface area (Å²) in [6.07, 6.45) is 0. The van der Waals surface area contributed by atoms with Crippen LogP contribution < -0.4 is 34.7 Å². The van der Waals surface area contributed by atoms with Crippen LogP contribution >= 0.6 is 0 Å². The zero-order valence-electron chi connectivity index (χ0n) is 8.78. The van der Waals surface area contributed by atoms with Gasteiger partial charge < -0.3 is 9.90 Å². The molecule has 0 amide bonds. The van der Waals surface area contributed by atoms with E-state index < -0.39 is 5.97 Å². The number of carbonyl (C=O) groups is 1. The molecule has 0 spiro atoms. The summed E-state index contributed by atoms with van der Waals surface area (Å²) in [5, 5.41) is 12.5. The molecule has 0 fully saturated rings. The van der Waals surface area contributed by atoms with Gasteiger partial charge in [0.25, 0.3) is 0 Å². The molecule has 3 heteroatoms. The molecule has 2 rings (SSSR count). The minimum atomic E-state index is -1.12. The van der Waals surface area contributed by atoms with Gasteiger partial charge in [0.05, 0.1) is 5.97 Å². The third kappa shape index (κ3) is 2.23. The van der Waals surface area contributed by atoms with Crippen molar-refractivity contribution in [2.24, 2.45) is 0 Å². The number of benzene rings is 2. The zero-order valence-corrected chi connectivity index (χ0v) is 10.8. The zero-order chi connectivity index (χ0) is 10.1. The average molecular weight is 208 g/mol. The fourth-order valence-electron chi connectivity index (χ4n) is 1.63. The van der Waals surface area contributed by atoms with E-state index in [1.807, 2.05) is 25.1 Å². The van der Waals surface area contributed by atoms with Gasteiger partial charge in [0.2, 0.25) is 0 Å². The summed E-state index contributed by atoms with van der Waals surface area (Å²) < 4.78 is 0. The third-order valence-corrected chi connectivity index (χ3v) is 2.36. The van der Waals surface area contributed by atoms with Gasteiger partial charge in [-0.2, -0.15) is 0 Å². The van der Waals surface area contributed by atoms with Crippen LogP contribution in [0, 0.1) is 6.92 Å². The van der Waals surface area contributed by atoms with Crippen molar-refractivity contribution in [1.82, 2.24) is 0 Å². The average Bonchev–Trinajstić information content (AvgIpc) is 2.18. The van der Waals surface area contributed by atoms with Gasteiger partial charge in [-0.3, -0.25) is 0 Å².